The molecule has 0 amide bonds. The lowest BCUT2D eigenvalue weighted by Gasteiger charge is -2.13. The molecular weight excluding hydrogens is 340 g/mol. The Morgan fingerprint density at radius 1 is 1.05 bits per heavy atom. The first-order valence-electron chi connectivity index (χ1n) is 5.46. The Hall–Kier alpha value is -1.76. The van der Waals surface area contributed by atoms with E-state index in [4.69, 9.17) is 5.73 Å². The zero-order valence-corrected chi connectivity index (χ0v) is 11.5. The van der Waals surface area contributed by atoms with E-state index in [-0.39, 0.29) is 15.8 Å². The number of anilines is 3. The van der Waals surface area contributed by atoms with Crippen molar-refractivity contribution in [2.45, 2.75) is 6.18 Å². The number of alkyl halides is 3. The summed E-state index contributed by atoms with van der Waals surface area (Å²) < 4.78 is 51.1. The number of hydrogen-bond donors (Lipinski definition) is 2. The third-order valence-corrected chi connectivity index (χ3v) is 3.26. The van der Waals surface area contributed by atoms with Gasteiger partial charge >= 0.3 is 6.18 Å². The molecule has 7 heteroatoms. The largest absolute Gasteiger partial charge is 0.417 e. The predicted octanol–water partition coefficient (Wildman–Crippen LogP) is 4.93. The monoisotopic (exact) mass is 348 g/mol. The number of halogens is 5. The van der Waals surface area contributed by atoms with Crippen LogP contribution in [0.15, 0.2) is 40.9 Å². The minimum absolute atomic E-state index is 0.0531. The number of nitrogen functional groups attached to an aromatic ring is 1. The topological polar surface area (TPSA) is 38.0 Å². The average molecular weight is 349 g/mol. The van der Waals surface area contributed by atoms with Crippen molar-refractivity contribution in [1.82, 2.24) is 0 Å². The zero-order valence-electron chi connectivity index (χ0n) is 9.93. The highest BCUT2D eigenvalue weighted by atomic mass is 79.9. The molecule has 20 heavy (non-hydrogen) atoms. The molecule has 0 radical (unpaired) electrons. The predicted molar refractivity (Wildman–Crippen MR) is 73.2 cm³/mol. The summed E-state index contributed by atoms with van der Waals surface area (Å²) in [5, 5.41) is 2.73. The van der Waals surface area contributed by atoms with Gasteiger partial charge in [0.15, 0.2) is 0 Å². The van der Waals surface area contributed by atoms with E-state index in [2.05, 4.69) is 21.2 Å². The summed E-state index contributed by atoms with van der Waals surface area (Å²) in [6.45, 7) is 0. The van der Waals surface area contributed by atoms with Gasteiger partial charge in [-0.15, -0.1) is 0 Å². The molecule has 0 unspecified atom stereocenters. The van der Waals surface area contributed by atoms with Gasteiger partial charge in [0.1, 0.15) is 5.82 Å². The molecule has 0 aliphatic heterocycles. The van der Waals surface area contributed by atoms with Crippen LogP contribution in [0.3, 0.4) is 0 Å². The molecule has 0 saturated carbocycles. The van der Waals surface area contributed by atoms with Gasteiger partial charge in [0.05, 0.1) is 16.9 Å². The Balaban J connectivity index is 2.35. The Kier molecular flexibility index (Phi) is 3.89. The summed E-state index contributed by atoms with van der Waals surface area (Å²) in [4.78, 5) is 0. The van der Waals surface area contributed by atoms with E-state index >= 15 is 0 Å². The van der Waals surface area contributed by atoms with E-state index in [0.29, 0.717) is 5.69 Å². The van der Waals surface area contributed by atoms with Crippen LogP contribution in [0.1, 0.15) is 5.56 Å². The first-order valence-corrected chi connectivity index (χ1v) is 6.25. The third-order valence-electron chi connectivity index (χ3n) is 2.56. The van der Waals surface area contributed by atoms with Crippen LogP contribution in [0.2, 0.25) is 0 Å². The van der Waals surface area contributed by atoms with Gasteiger partial charge in [0.25, 0.3) is 0 Å². The minimum Gasteiger partial charge on any atom is -0.397 e. The zero-order chi connectivity index (χ0) is 14.9. The number of benzene rings is 2. The lowest BCUT2D eigenvalue weighted by Crippen LogP contribution is -2.07. The van der Waals surface area contributed by atoms with E-state index < -0.39 is 17.6 Å². The molecule has 2 aromatic rings. The van der Waals surface area contributed by atoms with Gasteiger partial charge < -0.3 is 11.1 Å². The first kappa shape index (κ1) is 14.6. The molecule has 106 valence electrons. The Morgan fingerprint density at radius 3 is 2.35 bits per heavy atom. The third kappa shape index (κ3) is 3.22. The van der Waals surface area contributed by atoms with Crippen LogP contribution in [0.4, 0.5) is 34.6 Å². The van der Waals surface area contributed by atoms with Crippen LogP contribution in [-0.2, 0) is 6.18 Å². The highest BCUT2D eigenvalue weighted by Gasteiger charge is 2.33. The quantitative estimate of drug-likeness (QED) is 0.596. The molecular formula is C13H9BrF4N2. The van der Waals surface area contributed by atoms with Crippen molar-refractivity contribution in [1.29, 1.82) is 0 Å². The molecule has 2 aromatic carbocycles. The van der Waals surface area contributed by atoms with E-state index in [9.17, 15) is 17.6 Å². The van der Waals surface area contributed by atoms with Crippen molar-refractivity contribution in [3.05, 3.63) is 52.3 Å². The first-order chi connectivity index (χ1) is 9.27. The maximum Gasteiger partial charge on any atom is 0.417 e. The molecule has 2 nitrogen and oxygen atoms in total. The maximum absolute atomic E-state index is 12.9. The van der Waals surface area contributed by atoms with Gasteiger partial charge in [-0.3, -0.25) is 0 Å². The highest BCUT2D eigenvalue weighted by molar-refractivity contribution is 9.10. The maximum atomic E-state index is 12.9. The van der Waals surface area contributed by atoms with Gasteiger partial charge in [-0.05, 0) is 36.4 Å². The molecule has 0 heterocycles. The molecule has 0 saturated heterocycles. The van der Waals surface area contributed by atoms with Gasteiger partial charge in [-0.25, -0.2) is 4.39 Å². The SMILES string of the molecule is Nc1cc(F)ccc1Nc1ccc(Br)c(C(F)(F)F)c1. The van der Waals surface area contributed by atoms with Gasteiger partial charge in [-0.2, -0.15) is 13.2 Å². The van der Waals surface area contributed by atoms with Crippen molar-refractivity contribution >= 4 is 33.0 Å². The number of hydrogen-bond acceptors (Lipinski definition) is 2. The lowest BCUT2D eigenvalue weighted by molar-refractivity contribution is -0.138. The van der Waals surface area contributed by atoms with Crippen molar-refractivity contribution in [3.8, 4) is 0 Å². The van der Waals surface area contributed by atoms with E-state index in [1.807, 2.05) is 0 Å². The fraction of sp³-hybridized carbons (Fsp3) is 0.0769. The van der Waals surface area contributed by atoms with E-state index in [1.54, 1.807) is 0 Å². The minimum atomic E-state index is -4.47. The molecule has 0 atom stereocenters. The summed E-state index contributed by atoms with van der Waals surface area (Å²) in [6, 6.07) is 7.31. The molecule has 2 rings (SSSR count). The molecule has 0 spiro atoms. The number of nitrogens with one attached hydrogen (secondary N) is 1. The Bertz CT molecular complexity index is 641. The van der Waals surface area contributed by atoms with Gasteiger partial charge in [0, 0.05) is 10.2 Å². The van der Waals surface area contributed by atoms with Crippen molar-refractivity contribution in [3.63, 3.8) is 0 Å². The summed E-state index contributed by atoms with van der Waals surface area (Å²) >= 11 is 2.85. The molecule has 0 aliphatic rings. The molecule has 3 N–H and O–H groups in total. The average Bonchev–Trinajstić information content (AvgIpc) is 2.33. The summed E-state index contributed by atoms with van der Waals surface area (Å²) in [5.41, 5.74) is 5.44. The smallest absolute Gasteiger partial charge is 0.397 e. The van der Waals surface area contributed by atoms with Crippen molar-refractivity contribution < 1.29 is 17.6 Å². The van der Waals surface area contributed by atoms with E-state index in [0.717, 1.165) is 12.1 Å². The Morgan fingerprint density at radius 2 is 1.75 bits per heavy atom. The highest BCUT2D eigenvalue weighted by Crippen LogP contribution is 2.37. The normalized spacial score (nSPS) is 11.4. The lowest BCUT2D eigenvalue weighted by atomic mass is 10.2. The summed E-state index contributed by atoms with van der Waals surface area (Å²) in [6.07, 6.45) is -4.47. The number of rotatable bonds is 2. The van der Waals surface area contributed by atoms with Crippen LogP contribution in [-0.4, -0.2) is 0 Å². The summed E-state index contributed by atoms with van der Waals surface area (Å²) in [7, 11) is 0. The van der Waals surface area contributed by atoms with Crippen LogP contribution < -0.4 is 11.1 Å². The van der Waals surface area contributed by atoms with Crippen molar-refractivity contribution in [2.24, 2.45) is 0 Å². The molecule has 0 bridgehead atoms. The fourth-order valence-electron chi connectivity index (χ4n) is 1.62. The Labute approximate surface area is 120 Å². The van der Waals surface area contributed by atoms with Crippen LogP contribution in [0.5, 0.6) is 0 Å². The molecule has 0 fully saturated rings. The van der Waals surface area contributed by atoms with E-state index in [1.165, 1.54) is 24.3 Å². The fourth-order valence-corrected chi connectivity index (χ4v) is 2.09. The second-order valence-electron chi connectivity index (χ2n) is 4.05. The molecule has 0 aromatic heterocycles. The van der Waals surface area contributed by atoms with Crippen LogP contribution in [0, 0.1) is 5.82 Å². The standard InChI is InChI=1S/C13H9BrF4N2/c14-10-3-2-8(6-9(10)13(16,17)18)20-12-4-1-7(15)5-11(12)19/h1-6,20H,19H2. The number of nitrogens with two attached hydrogens (primary N) is 1. The van der Waals surface area contributed by atoms with Gasteiger partial charge in [0.2, 0.25) is 0 Å². The van der Waals surface area contributed by atoms with Crippen molar-refractivity contribution in [2.75, 3.05) is 11.1 Å². The van der Waals surface area contributed by atoms with Gasteiger partial charge in [-0.1, -0.05) is 15.9 Å². The second-order valence-corrected chi connectivity index (χ2v) is 4.90. The molecule has 0 aliphatic carbocycles. The summed E-state index contributed by atoms with van der Waals surface area (Å²) in [5.74, 6) is -0.514. The van der Waals surface area contributed by atoms with Crippen LogP contribution >= 0.6 is 15.9 Å². The second kappa shape index (κ2) is 5.32. The van der Waals surface area contributed by atoms with Crippen LogP contribution in [0.25, 0.3) is 0 Å².